The van der Waals surface area contributed by atoms with Crippen LogP contribution in [0.1, 0.15) is 12.0 Å². The molecule has 7 nitrogen and oxygen atoms in total. The van der Waals surface area contributed by atoms with Crippen molar-refractivity contribution in [2.24, 2.45) is 5.92 Å². The largest absolute Gasteiger partial charge is 0.355 e. The third kappa shape index (κ3) is 3.49. The Balaban J connectivity index is 1.23. The summed E-state index contributed by atoms with van der Waals surface area (Å²) in [5.74, 6) is 3.33. The molecule has 0 bridgehead atoms. The van der Waals surface area contributed by atoms with Gasteiger partial charge in [-0.15, -0.1) is 11.3 Å². The Labute approximate surface area is 191 Å². The molecule has 32 heavy (non-hydrogen) atoms. The van der Waals surface area contributed by atoms with Crippen LogP contribution in [0.4, 0.5) is 17.5 Å². The third-order valence-corrected chi connectivity index (χ3v) is 7.64. The van der Waals surface area contributed by atoms with Crippen molar-refractivity contribution in [2.75, 3.05) is 36.9 Å². The van der Waals surface area contributed by atoms with Crippen molar-refractivity contribution >= 4 is 39.0 Å². The van der Waals surface area contributed by atoms with Crippen LogP contribution in [0.25, 0.3) is 20.9 Å². The van der Waals surface area contributed by atoms with E-state index >= 15 is 0 Å². The molecule has 0 aliphatic carbocycles. The van der Waals surface area contributed by atoms with Crippen LogP contribution >= 0.6 is 11.3 Å². The first kappa shape index (κ1) is 19.6. The quantitative estimate of drug-likeness (QED) is 0.503. The standard InChI is InChI=1S/C24H25N7S/c1-15-5-4-9-25-23(15)24-27-17-11-21(26-12-19(17)32-24)28-20-6-3-7-22(29-20)31-13-16-8-10-30(2)18(16)14-31/h3-7,9,11-12,16,18H,8,10,13-14H2,1-2H3,(H,26,28,29)/t16?,18-/m1/s1. The molecule has 1 unspecified atom stereocenters. The number of anilines is 3. The second-order valence-electron chi connectivity index (χ2n) is 8.73. The molecule has 162 valence electrons. The lowest BCUT2D eigenvalue weighted by atomic mass is 10.1. The summed E-state index contributed by atoms with van der Waals surface area (Å²) in [5, 5.41) is 4.29. The smallest absolute Gasteiger partial charge is 0.143 e. The average Bonchev–Trinajstić information content (AvgIpc) is 3.50. The van der Waals surface area contributed by atoms with E-state index in [1.54, 1.807) is 11.3 Å². The van der Waals surface area contributed by atoms with Crippen LogP contribution in [0.3, 0.4) is 0 Å². The number of hydrogen-bond donors (Lipinski definition) is 1. The van der Waals surface area contributed by atoms with E-state index in [0.717, 1.165) is 62.9 Å². The normalized spacial score (nSPS) is 20.8. The Hall–Kier alpha value is -3.10. The number of aryl methyl sites for hydroxylation is 1. The van der Waals surface area contributed by atoms with E-state index in [1.165, 1.54) is 13.0 Å². The van der Waals surface area contributed by atoms with Crippen molar-refractivity contribution < 1.29 is 0 Å². The molecule has 2 atom stereocenters. The summed E-state index contributed by atoms with van der Waals surface area (Å²) in [4.78, 5) is 23.7. The predicted molar refractivity (Wildman–Crippen MR) is 130 cm³/mol. The van der Waals surface area contributed by atoms with Gasteiger partial charge in [-0.1, -0.05) is 12.1 Å². The molecule has 8 heteroatoms. The Kier molecular flexibility index (Phi) is 4.77. The predicted octanol–water partition coefficient (Wildman–Crippen LogP) is 4.34. The average molecular weight is 444 g/mol. The number of fused-ring (bicyclic) bond motifs is 2. The molecule has 2 saturated heterocycles. The minimum absolute atomic E-state index is 0.652. The van der Waals surface area contributed by atoms with Gasteiger partial charge in [-0.25, -0.2) is 15.0 Å². The molecule has 0 amide bonds. The SMILES string of the molecule is Cc1cccnc1-c1nc2cc(Nc3cccc(N4CC5CCN(C)[C@@H]5C4)n3)ncc2s1. The summed E-state index contributed by atoms with van der Waals surface area (Å²) in [6.07, 6.45) is 4.97. The number of likely N-dealkylation sites (N-methyl/N-ethyl adjacent to an activating group) is 1. The van der Waals surface area contributed by atoms with Crippen molar-refractivity contribution in [3.63, 3.8) is 0 Å². The van der Waals surface area contributed by atoms with Gasteiger partial charge in [-0.2, -0.15) is 0 Å². The van der Waals surface area contributed by atoms with Gasteiger partial charge < -0.3 is 15.1 Å². The van der Waals surface area contributed by atoms with Gasteiger partial charge in [0.1, 0.15) is 28.2 Å². The van der Waals surface area contributed by atoms with E-state index in [1.807, 2.05) is 30.6 Å². The zero-order valence-corrected chi connectivity index (χ0v) is 19.0. The number of nitrogens with zero attached hydrogens (tertiary/aromatic N) is 6. The first-order chi connectivity index (χ1) is 15.6. The van der Waals surface area contributed by atoms with Gasteiger partial charge in [0, 0.05) is 37.6 Å². The van der Waals surface area contributed by atoms with Crippen LogP contribution in [-0.4, -0.2) is 57.6 Å². The number of aromatic nitrogens is 4. The fraction of sp³-hybridized carbons (Fsp3) is 0.333. The first-order valence-corrected chi connectivity index (χ1v) is 11.8. The second kappa shape index (κ2) is 7.79. The topological polar surface area (TPSA) is 70.1 Å². The van der Waals surface area contributed by atoms with Gasteiger partial charge in [-0.3, -0.25) is 4.98 Å². The zero-order chi connectivity index (χ0) is 21.7. The maximum Gasteiger partial charge on any atom is 0.143 e. The Bertz CT molecular complexity index is 1290. The van der Waals surface area contributed by atoms with E-state index < -0.39 is 0 Å². The second-order valence-corrected chi connectivity index (χ2v) is 9.76. The molecular weight excluding hydrogens is 418 g/mol. The Morgan fingerprint density at radius 3 is 2.88 bits per heavy atom. The van der Waals surface area contributed by atoms with Crippen LogP contribution in [0.5, 0.6) is 0 Å². The van der Waals surface area contributed by atoms with Crippen molar-refractivity contribution in [1.29, 1.82) is 0 Å². The molecule has 0 saturated carbocycles. The van der Waals surface area contributed by atoms with Gasteiger partial charge in [0.15, 0.2) is 0 Å². The van der Waals surface area contributed by atoms with Crippen molar-refractivity contribution in [2.45, 2.75) is 19.4 Å². The number of rotatable bonds is 4. The van der Waals surface area contributed by atoms with Crippen LogP contribution in [-0.2, 0) is 0 Å². The number of likely N-dealkylation sites (tertiary alicyclic amines) is 1. The molecule has 0 spiro atoms. The molecule has 6 rings (SSSR count). The Morgan fingerprint density at radius 1 is 1.06 bits per heavy atom. The highest BCUT2D eigenvalue weighted by Crippen LogP contribution is 2.34. The molecule has 2 aliphatic heterocycles. The molecule has 2 fully saturated rings. The summed E-state index contributed by atoms with van der Waals surface area (Å²) in [5.41, 5.74) is 2.97. The summed E-state index contributed by atoms with van der Waals surface area (Å²) in [6.45, 7) is 5.41. The Morgan fingerprint density at radius 2 is 2.00 bits per heavy atom. The van der Waals surface area contributed by atoms with E-state index in [9.17, 15) is 0 Å². The highest BCUT2D eigenvalue weighted by molar-refractivity contribution is 7.21. The van der Waals surface area contributed by atoms with Gasteiger partial charge >= 0.3 is 0 Å². The van der Waals surface area contributed by atoms with E-state index in [-0.39, 0.29) is 0 Å². The lowest BCUT2D eigenvalue weighted by Crippen LogP contribution is -2.32. The number of hydrogen-bond acceptors (Lipinski definition) is 8. The highest BCUT2D eigenvalue weighted by Gasteiger charge is 2.39. The van der Waals surface area contributed by atoms with Crippen molar-refractivity contribution in [3.05, 3.63) is 54.4 Å². The van der Waals surface area contributed by atoms with Crippen molar-refractivity contribution in [3.8, 4) is 10.7 Å². The van der Waals surface area contributed by atoms with Crippen LogP contribution in [0.15, 0.2) is 48.8 Å². The first-order valence-electron chi connectivity index (χ1n) is 11.0. The van der Waals surface area contributed by atoms with Crippen LogP contribution in [0.2, 0.25) is 0 Å². The van der Waals surface area contributed by atoms with E-state index in [0.29, 0.717) is 6.04 Å². The molecule has 6 heterocycles. The number of pyridine rings is 3. The van der Waals surface area contributed by atoms with Crippen molar-refractivity contribution in [1.82, 2.24) is 24.8 Å². The molecule has 0 radical (unpaired) electrons. The van der Waals surface area contributed by atoms with Crippen LogP contribution < -0.4 is 10.2 Å². The van der Waals surface area contributed by atoms with Crippen LogP contribution in [0, 0.1) is 12.8 Å². The molecular formula is C24H25N7S. The lowest BCUT2D eigenvalue weighted by molar-refractivity contribution is 0.310. The molecule has 0 aromatic carbocycles. The van der Waals surface area contributed by atoms with Gasteiger partial charge in [0.05, 0.1) is 10.2 Å². The zero-order valence-electron chi connectivity index (χ0n) is 18.2. The maximum absolute atomic E-state index is 4.88. The molecule has 4 aromatic rings. The summed E-state index contributed by atoms with van der Waals surface area (Å²) >= 11 is 1.62. The number of nitrogens with one attached hydrogen (secondary N) is 1. The van der Waals surface area contributed by atoms with E-state index in [4.69, 9.17) is 9.97 Å². The lowest BCUT2D eigenvalue weighted by Gasteiger charge is -2.21. The fourth-order valence-electron chi connectivity index (χ4n) is 4.87. The monoisotopic (exact) mass is 443 g/mol. The minimum atomic E-state index is 0.652. The fourth-order valence-corrected chi connectivity index (χ4v) is 5.85. The maximum atomic E-state index is 4.88. The summed E-state index contributed by atoms with van der Waals surface area (Å²) in [7, 11) is 2.24. The molecule has 4 aromatic heterocycles. The molecule has 2 aliphatic rings. The molecule has 1 N–H and O–H groups in total. The third-order valence-electron chi connectivity index (χ3n) is 6.63. The summed E-state index contributed by atoms with van der Waals surface area (Å²) in [6, 6.07) is 12.8. The minimum Gasteiger partial charge on any atom is -0.355 e. The number of thiazole rings is 1. The van der Waals surface area contributed by atoms with Gasteiger partial charge in [0.25, 0.3) is 0 Å². The van der Waals surface area contributed by atoms with Gasteiger partial charge in [-0.05, 0) is 56.6 Å². The highest BCUT2D eigenvalue weighted by atomic mass is 32.1. The summed E-state index contributed by atoms with van der Waals surface area (Å²) < 4.78 is 1.05. The van der Waals surface area contributed by atoms with E-state index in [2.05, 4.69) is 57.3 Å². The van der Waals surface area contributed by atoms with Gasteiger partial charge in [0.2, 0.25) is 0 Å².